The van der Waals surface area contributed by atoms with Crippen LogP contribution in [0.3, 0.4) is 0 Å². The predicted octanol–water partition coefficient (Wildman–Crippen LogP) is 3.66. The first kappa shape index (κ1) is 23.1. The van der Waals surface area contributed by atoms with Gasteiger partial charge in [0, 0.05) is 30.7 Å². The highest BCUT2D eigenvalue weighted by Gasteiger charge is 2.41. The van der Waals surface area contributed by atoms with Gasteiger partial charge in [0.1, 0.15) is 23.9 Å². The van der Waals surface area contributed by atoms with E-state index in [0.717, 1.165) is 16.5 Å². The average molecular weight is 496 g/mol. The molecule has 0 fully saturated rings. The van der Waals surface area contributed by atoms with E-state index in [9.17, 15) is 18.0 Å². The maximum atomic E-state index is 13.5. The van der Waals surface area contributed by atoms with Gasteiger partial charge in [0.25, 0.3) is 5.56 Å². The van der Waals surface area contributed by atoms with Crippen LogP contribution in [0.25, 0.3) is 28.0 Å². The number of hydrogen-bond acceptors (Lipinski definition) is 8. The van der Waals surface area contributed by atoms with Gasteiger partial charge in [-0.2, -0.15) is 13.2 Å². The Labute approximate surface area is 201 Å². The topological polar surface area (TPSA) is 143 Å². The predicted molar refractivity (Wildman–Crippen MR) is 127 cm³/mol. The second-order valence-corrected chi connectivity index (χ2v) is 8.01. The fourth-order valence-corrected chi connectivity index (χ4v) is 3.75. The summed E-state index contributed by atoms with van der Waals surface area (Å²) in [5, 5.41) is 6.81. The number of nitrogens with one attached hydrogen (secondary N) is 1. The SMILES string of the molecule is Cn1ccnc1-c1ccc(-n2cnc(C(N)C(F)(F)F)c(Nc3ccc4onc(N)c4c3)c2=O)cc1. The Hall–Kier alpha value is -4.65. The van der Waals surface area contributed by atoms with Gasteiger partial charge in [-0.3, -0.25) is 9.36 Å². The molecule has 3 heterocycles. The Balaban J connectivity index is 1.60. The van der Waals surface area contributed by atoms with Crippen molar-refractivity contribution < 1.29 is 17.7 Å². The lowest BCUT2D eigenvalue weighted by atomic mass is 10.1. The summed E-state index contributed by atoms with van der Waals surface area (Å²) in [6.07, 6.45) is -0.356. The van der Waals surface area contributed by atoms with E-state index in [0.29, 0.717) is 22.5 Å². The highest BCUT2D eigenvalue weighted by atomic mass is 19.4. The standard InChI is InChI=1S/C23H19F3N8O2/c1-33-9-8-29-21(33)12-2-5-14(6-3-12)34-11-30-17(19(27)23(24,25)26)18(22(34)35)31-13-4-7-16-15(10-13)20(28)32-36-16/h2-11,19,31H,27H2,1H3,(H2,28,32). The van der Waals surface area contributed by atoms with Crippen molar-refractivity contribution in [3.05, 3.63) is 77.2 Å². The first-order valence-corrected chi connectivity index (χ1v) is 10.6. The maximum Gasteiger partial charge on any atom is 0.409 e. The lowest BCUT2D eigenvalue weighted by Gasteiger charge is -2.20. The fourth-order valence-electron chi connectivity index (χ4n) is 3.75. The third kappa shape index (κ3) is 4.05. The van der Waals surface area contributed by atoms with Gasteiger partial charge >= 0.3 is 6.18 Å². The second kappa shape index (κ2) is 8.53. The van der Waals surface area contributed by atoms with Crippen molar-refractivity contribution in [1.29, 1.82) is 0 Å². The zero-order valence-electron chi connectivity index (χ0n) is 18.7. The number of nitrogens with zero attached hydrogens (tertiary/aromatic N) is 5. The van der Waals surface area contributed by atoms with Crippen molar-refractivity contribution in [2.24, 2.45) is 12.8 Å². The molecule has 0 aliphatic rings. The van der Waals surface area contributed by atoms with Gasteiger partial charge in [-0.1, -0.05) is 5.16 Å². The molecule has 5 aromatic rings. The van der Waals surface area contributed by atoms with Crippen LogP contribution in [0.2, 0.25) is 0 Å². The van der Waals surface area contributed by atoms with Crippen LogP contribution in [0, 0.1) is 0 Å². The van der Waals surface area contributed by atoms with Crippen molar-refractivity contribution in [1.82, 2.24) is 24.3 Å². The smallest absolute Gasteiger partial charge is 0.380 e. The van der Waals surface area contributed by atoms with Crippen molar-refractivity contribution in [2.75, 3.05) is 11.1 Å². The number of alkyl halides is 3. The number of rotatable bonds is 5. The van der Waals surface area contributed by atoms with Crippen LogP contribution in [0.1, 0.15) is 11.7 Å². The summed E-state index contributed by atoms with van der Waals surface area (Å²) in [5.74, 6) is 0.807. The minimum absolute atomic E-state index is 0.0947. The van der Waals surface area contributed by atoms with Crippen LogP contribution >= 0.6 is 0 Å². The Bertz CT molecular complexity index is 1620. The number of nitrogens with two attached hydrogens (primary N) is 2. The molecule has 5 N–H and O–H groups in total. The van der Waals surface area contributed by atoms with Crippen molar-refractivity contribution in [3.63, 3.8) is 0 Å². The van der Waals surface area contributed by atoms with E-state index >= 15 is 0 Å². The molecular formula is C23H19F3N8O2. The van der Waals surface area contributed by atoms with E-state index in [1.807, 2.05) is 11.6 Å². The molecule has 10 nitrogen and oxygen atoms in total. The molecule has 0 amide bonds. The number of nitrogen functional groups attached to an aromatic ring is 1. The minimum Gasteiger partial charge on any atom is -0.380 e. The normalized spacial score (nSPS) is 12.7. The number of hydrogen-bond donors (Lipinski definition) is 3. The van der Waals surface area contributed by atoms with Gasteiger partial charge in [0.05, 0.1) is 16.8 Å². The fraction of sp³-hybridized carbons (Fsp3) is 0.130. The van der Waals surface area contributed by atoms with E-state index in [1.165, 1.54) is 18.2 Å². The van der Waals surface area contributed by atoms with Gasteiger partial charge < -0.3 is 25.9 Å². The summed E-state index contributed by atoms with van der Waals surface area (Å²) < 4.78 is 48.5. The summed E-state index contributed by atoms with van der Waals surface area (Å²) in [5.41, 5.74) is 11.2. The zero-order valence-corrected chi connectivity index (χ0v) is 18.7. The van der Waals surface area contributed by atoms with E-state index in [1.54, 1.807) is 36.7 Å². The number of benzene rings is 2. The first-order chi connectivity index (χ1) is 17.1. The number of aromatic nitrogens is 5. The molecule has 184 valence electrons. The number of anilines is 3. The quantitative estimate of drug-likeness (QED) is 0.335. The molecule has 0 radical (unpaired) electrons. The molecule has 2 aromatic carbocycles. The van der Waals surface area contributed by atoms with Crippen LogP contribution in [0.5, 0.6) is 0 Å². The highest BCUT2D eigenvalue weighted by Crippen LogP contribution is 2.34. The van der Waals surface area contributed by atoms with Gasteiger partial charge in [0.15, 0.2) is 11.4 Å². The second-order valence-electron chi connectivity index (χ2n) is 8.01. The van der Waals surface area contributed by atoms with Gasteiger partial charge in [0.2, 0.25) is 0 Å². The van der Waals surface area contributed by atoms with E-state index in [2.05, 4.69) is 20.4 Å². The summed E-state index contributed by atoms with van der Waals surface area (Å²) in [7, 11) is 1.84. The average Bonchev–Trinajstić information content (AvgIpc) is 3.45. The molecule has 0 bridgehead atoms. The molecule has 3 aromatic heterocycles. The summed E-state index contributed by atoms with van der Waals surface area (Å²) in [4.78, 5) is 21.6. The van der Waals surface area contributed by atoms with Gasteiger partial charge in [-0.05, 0) is 42.5 Å². The molecular weight excluding hydrogens is 477 g/mol. The van der Waals surface area contributed by atoms with E-state index in [-0.39, 0.29) is 11.5 Å². The number of aryl methyl sites for hydroxylation is 1. The summed E-state index contributed by atoms with van der Waals surface area (Å²) in [6, 6.07) is 8.82. The van der Waals surface area contributed by atoms with Crippen LogP contribution in [-0.2, 0) is 7.05 Å². The largest absolute Gasteiger partial charge is 0.409 e. The Kier molecular flexibility index (Phi) is 5.48. The molecule has 1 unspecified atom stereocenters. The molecule has 0 aliphatic heterocycles. The van der Waals surface area contributed by atoms with E-state index < -0.39 is 29.2 Å². The molecule has 0 spiro atoms. The van der Waals surface area contributed by atoms with Crippen LogP contribution in [0.15, 0.2) is 70.5 Å². The molecule has 13 heteroatoms. The maximum absolute atomic E-state index is 13.5. The van der Waals surface area contributed by atoms with Crippen LogP contribution < -0.4 is 22.3 Å². The van der Waals surface area contributed by atoms with Crippen molar-refractivity contribution in [2.45, 2.75) is 12.2 Å². The monoisotopic (exact) mass is 496 g/mol. The Morgan fingerprint density at radius 2 is 1.86 bits per heavy atom. The molecule has 5 rings (SSSR count). The van der Waals surface area contributed by atoms with E-state index in [4.69, 9.17) is 16.0 Å². The molecule has 1 atom stereocenters. The van der Waals surface area contributed by atoms with Crippen LogP contribution in [-0.4, -0.2) is 30.4 Å². The lowest BCUT2D eigenvalue weighted by molar-refractivity contribution is -0.149. The van der Waals surface area contributed by atoms with Gasteiger partial charge in [-0.15, -0.1) is 0 Å². The number of imidazole rings is 1. The highest BCUT2D eigenvalue weighted by molar-refractivity contribution is 5.90. The van der Waals surface area contributed by atoms with Gasteiger partial charge in [-0.25, -0.2) is 9.97 Å². The number of halogens is 3. The zero-order chi connectivity index (χ0) is 25.6. The number of fused-ring (bicyclic) bond motifs is 1. The van der Waals surface area contributed by atoms with Crippen LogP contribution in [0.4, 0.5) is 30.4 Å². The minimum atomic E-state index is -4.82. The Morgan fingerprint density at radius 1 is 1.11 bits per heavy atom. The first-order valence-electron chi connectivity index (χ1n) is 10.6. The molecule has 0 aliphatic carbocycles. The summed E-state index contributed by atoms with van der Waals surface area (Å²) in [6.45, 7) is 0. The molecule has 0 saturated heterocycles. The third-order valence-corrected chi connectivity index (χ3v) is 5.64. The summed E-state index contributed by atoms with van der Waals surface area (Å²) >= 11 is 0. The Morgan fingerprint density at radius 3 is 2.53 bits per heavy atom. The molecule has 36 heavy (non-hydrogen) atoms. The third-order valence-electron chi connectivity index (χ3n) is 5.64. The molecule has 0 saturated carbocycles. The van der Waals surface area contributed by atoms with Crippen molar-refractivity contribution >= 4 is 28.2 Å². The lowest BCUT2D eigenvalue weighted by Crippen LogP contribution is -2.33. The van der Waals surface area contributed by atoms with Crippen molar-refractivity contribution in [3.8, 4) is 17.1 Å².